The lowest BCUT2D eigenvalue weighted by Gasteiger charge is -2.50. The fraction of sp³-hybridized carbons (Fsp3) is 0.696. The van der Waals surface area contributed by atoms with Crippen molar-refractivity contribution >= 4 is 39.8 Å². The number of hydrogen-bond acceptors (Lipinski definition) is 5. The number of Topliss-reactive ketones (excluding diaryl/α,β-unsaturated/α-hetero) is 1. The van der Waals surface area contributed by atoms with Gasteiger partial charge in [-0.25, -0.2) is 8.42 Å². The zero-order valence-electron chi connectivity index (χ0n) is 19.1. The molecule has 0 aromatic heterocycles. The first-order valence-electron chi connectivity index (χ1n) is 11.4. The third kappa shape index (κ3) is 6.38. The van der Waals surface area contributed by atoms with Crippen molar-refractivity contribution in [2.75, 3.05) is 39.0 Å². The molecule has 3 rings (SSSR count). The molecule has 0 unspecified atom stereocenters. The molecule has 2 fully saturated rings. The molecule has 0 radical (unpaired) electrons. The molecule has 32 heavy (non-hydrogen) atoms. The maximum Gasteiger partial charge on any atom is 0.214 e. The van der Waals surface area contributed by atoms with Gasteiger partial charge in [0.05, 0.1) is 18.4 Å². The van der Waals surface area contributed by atoms with Crippen LogP contribution in [-0.4, -0.2) is 68.0 Å². The van der Waals surface area contributed by atoms with Crippen LogP contribution in [0, 0.1) is 0 Å². The molecule has 1 heterocycles. The lowest BCUT2D eigenvalue weighted by molar-refractivity contribution is 0.0165. The number of carbonyl (C=O) groups excluding carboxylic acids is 1. The Morgan fingerprint density at radius 1 is 1.12 bits per heavy atom. The Morgan fingerprint density at radius 2 is 1.78 bits per heavy atom. The highest BCUT2D eigenvalue weighted by Crippen LogP contribution is 2.39. The number of sulfonamides is 1. The van der Waals surface area contributed by atoms with Gasteiger partial charge in [-0.05, 0) is 43.9 Å². The van der Waals surface area contributed by atoms with Crippen molar-refractivity contribution in [2.45, 2.75) is 63.8 Å². The lowest BCUT2D eigenvalue weighted by Crippen LogP contribution is -2.58. The number of carbonyl (C=O) groups is 1. The summed E-state index contributed by atoms with van der Waals surface area (Å²) in [4.78, 5) is 15.5. The van der Waals surface area contributed by atoms with Crippen LogP contribution in [0.1, 0.15) is 68.6 Å². The number of benzene rings is 1. The van der Waals surface area contributed by atoms with Gasteiger partial charge >= 0.3 is 0 Å². The van der Waals surface area contributed by atoms with E-state index in [0.29, 0.717) is 42.3 Å². The van der Waals surface area contributed by atoms with Gasteiger partial charge in [-0.15, -0.1) is 12.4 Å². The van der Waals surface area contributed by atoms with Crippen molar-refractivity contribution in [1.82, 2.24) is 9.21 Å². The van der Waals surface area contributed by atoms with Gasteiger partial charge in [-0.3, -0.25) is 9.69 Å². The Kier molecular flexibility index (Phi) is 10.3. The van der Waals surface area contributed by atoms with E-state index in [-0.39, 0.29) is 29.5 Å². The molecule has 6 nitrogen and oxygen atoms in total. The second kappa shape index (κ2) is 12.0. The summed E-state index contributed by atoms with van der Waals surface area (Å²) in [5, 5.41) is 0.549. The standard InChI is InChI=1S/C23H35ClN2O4S.ClH/c1-3-17-31(28,29)26-15-13-25(14-16-26)23(10-5-4-6-11-23)12-9-21(27)20-8-7-19(24)18-22(20)30-2;/h7-8,18H,3-6,9-17H2,1-2H3;1H. The number of halogens is 2. The maximum absolute atomic E-state index is 13.0. The SMILES string of the molecule is CCCS(=O)(=O)N1CCN(C2(CCC(=O)c3ccc(Cl)cc3OC)CCCCC2)CC1.Cl. The van der Waals surface area contributed by atoms with Crippen LogP contribution in [0.3, 0.4) is 0 Å². The van der Waals surface area contributed by atoms with E-state index in [1.165, 1.54) is 6.42 Å². The first-order valence-corrected chi connectivity index (χ1v) is 13.4. The van der Waals surface area contributed by atoms with E-state index in [1.54, 1.807) is 29.6 Å². The molecule has 1 aliphatic heterocycles. The first kappa shape index (κ1) is 27.4. The second-order valence-electron chi connectivity index (χ2n) is 8.75. The van der Waals surface area contributed by atoms with Crippen LogP contribution in [0.15, 0.2) is 18.2 Å². The average molecular weight is 508 g/mol. The predicted molar refractivity (Wildman–Crippen MR) is 132 cm³/mol. The van der Waals surface area contributed by atoms with Crippen molar-refractivity contribution in [3.05, 3.63) is 28.8 Å². The quantitative estimate of drug-likeness (QED) is 0.450. The molecule has 2 aliphatic rings. The number of ketones is 1. The molecule has 0 N–H and O–H groups in total. The summed E-state index contributed by atoms with van der Waals surface area (Å²) in [5.74, 6) is 0.808. The lowest BCUT2D eigenvalue weighted by atomic mass is 9.76. The fourth-order valence-corrected chi connectivity index (χ4v) is 6.79. The van der Waals surface area contributed by atoms with Gasteiger partial charge in [0.15, 0.2) is 5.78 Å². The highest BCUT2D eigenvalue weighted by atomic mass is 35.5. The highest BCUT2D eigenvalue weighted by Gasteiger charge is 2.40. The molecule has 0 amide bonds. The second-order valence-corrected chi connectivity index (χ2v) is 11.3. The molecular formula is C23H36Cl2N2O4S. The van der Waals surface area contributed by atoms with Gasteiger partial charge in [0.2, 0.25) is 10.0 Å². The molecule has 0 atom stereocenters. The van der Waals surface area contributed by atoms with Gasteiger partial charge in [0.1, 0.15) is 5.75 Å². The van der Waals surface area contributed by atoms with Crippen molar-refractivity contribution in [3.8, 4) is 5.75 Å². The van der Waals surface area contributed by atoms with Crippen molar-refractivity contribution in [2.24, 2.45) is 0 Å². The Balaban J connectivity index is 0.00000363. The van der Waals surface area contributed by atoms with Crippen LogP contribution in [-0.2, 0) is 10.0 Å². The monoisotopic (exact) mass is 506 g/mol. The minimum absolute atomic E-state index is 0. The van der Waals surface area contributed by atoms with Crippen LogP contribution in [0.4, 0.5) is 0 Å². The summed E-state index contributed by atoms with van der Waals surface area (Å²) in [6, 6.07) is 5.15. The van der Waals surface area contributed by atoms with Crippen LogP contribution in [0.25, 0.3) is 0 Å². The molecule has 1 aliphatic carbocycles. The summed E-state index contributed by atoms with van der Waals surface area (Å²) in [5.41, 5.74) is 0.558. The number of ether oxygens (including phenoxy) is 1. The molecule has 1 saturated carbocycles. The Morgan fingerprint density at radius 3 is 2.38 bits per heavy atom. The third-order valence-corrected chi connectivity index (χ3v) is 9.14. The number of rotatable bonds is 9. The van der Waals surface area contributed by atoms with Gasteiger partial charge in [-0.2, -0.15) is 4.31 Å². The van der Waals surface area contributed by atoms with E-state index in [2.05, 4.69) is 4.90 Å². The van der Waals surface area contributed by atoms with E-state index in [1.807, 2.05) is 6.92 Å². The summed E-state index contributed by atoms with van der Waals surface area (Å²) < 4.78 is 31.9. The Bertz CT molecular complexity index is 865. The zero-order valence-corrected chi connectivity index (χ0v) is 21.5. The number of piperazine rings is 1. The molecule has 182 valence electrons. The van der Waals surface area contributed by atoms with Gasteiger partial charge < -0.3 is 4.74 Å². The van der Waals surface area contributed by atoms with Crippen LogP contribution in [0.5, 0.6) is 5.75 Å². The summed E-state index contributed by atoms with van der Waals surface area (Å²) in [6.45, 7) is 4.46. The van der Waals surface area contributed by atoms with E-state index in [0.717, 1.165) is 45.2 Å². The molecule has 1 aromatic rings. The average Bonchev–Trinajstić information content (AvgIpc) is 2.78. The number of methoxy groups -OCH3 is 1. The van der Waals surface area contributed by atoms with Crippen molar-refractivity contribution in [1.29, 1.82) is 0 Å². The van der Waals surface area contributed by atoms with Crippen molar-refractivity contribution in [3.63, 3.8) is 0 Å². The summed E-state index contributed by atoms with van der Waals surface area (Å²) in [7, 11) is -1.60. The maximum atomic E-state index is 13.0. The van der Waals surface area contributed by atoms with Gasteiger partial charge in [-0.1, -0.05) is 37.8 Å². The zero-order chi connectivity index (χ0) is 22.5. The highest BCUT2D eigenvalue weighted by molar-refractivity contribution is 7.89. The predicted octanol–water partition coefficient (Wildman–Crippen LogP) is 4.79. The molecule has 9 heteroatoms. The van der Waals surface area contributed by atoms with Gasteiger partial charge in [0, 0.05) is 43.2 Å². The topological polar surface area (TPSA) is 66.9 Å². The molecule has 1 saturated heterocycles. The van der Waals surface area contributed by atoms with Crippen molar-refractivity contribution < 1.29 is 17.9 Å². The smallest absolute Gasteiger partial charge is 0.214 e. The van der Waals surface area contributed by atoms with E-state index in [9.17, 15) is 13.2 Å². The summed E-state index contributed by atoms with van der Waals surface area (Å²) >= 11 is 6.04. The van der Waals surface area contributed by atoms with Crippen LogP contribution < -0.4 is 4.74 Å². The van der Waals surface area contributed by atoms with Gasteiger partial charge in [0.25, 0.3) is 0 Å². The van der Waals surface area contributed by atoms with Crippen LogP contribution in [0.2, 0.25) is 5.02 Å². The number of hydrogen-bond donors (Lipinski definition) is 0. The Labute approximate surface area is 204 Å². The summed E-state index contributed by atoms with van der Waals surface area (Å²) in [6.07, 6.45) is 7.57. The van der Waals surface area contributed by atoms with Crippen LogP contribution >= 0.6 is 24.0 Å². The molecule has 0 spiro atoms. The minimum Gasteiger partial charge on any atom is -0.496 e. The molecular weight excluding hydrogens is 471 g/mol. The first-order chi connectivity index (χ1) is 14.8. The molecule has 1 aromatic carbocycles. The normalized spacial score (nSPS) is 19.8. The van der Waals surface area contributed by atoms with E-state index in [4.69, 9.17) is 16.3 Å². The number of nitrogens with zero attached hydrogens (tertiary/aromatic N) is 2. The Hall–Kier alpha value is -0.860. The largest absolute Gasteiger partial charge is 0.496 e. The minimum atomic E-state index is -3.15. The molecule has 0 bridgehead atoms. The third-order valence-electron chi connectivity index (χ3n) is 6.83. The van der Waals surface area contributed by atoms with E-state index < -0.39 is 10.0 Å². The van der Waals surface area contributed by atoms with E-state index >= 15 is 0 Å². The fourth-order valence-electron chi connectivity index (χ4n) is 5.14.